The molecule has 1 aromatic carbocycles. The van der Waals surface area contributed by atoms with Crippen LogP contribution in [0.25, 0.3) is 5.82 Å². The molecule has 2 aromatic heterocycles. The van der Waals surface area contributed by atoms with Crippen LogP contribution < -0.4 is 5.32 Å². The number of nitrogens with zero attached hydrogens (tertiary/aromatic N) is 3. The van der Waals surface area contributed by atoms with Gasteiger partial charge < -0.3 is 10.4 Å². The van der Waals surface area contributed by atoms with Crippen molar-refractivity contribution in [2.24, 2.45) is 5.92 Å². The van der Waals surface area contributed by atoms with E-state index in [2.05, 4.69) is 15.4 Å². The maximum Gasteiger partial charge on any atom is 0.335 e. The van der Waals surface area contributed by atoms with Gasteiger partial charge in [0.2, 0.25) is 0 Å². The monoisotopic (exact) mass is 410 g/mol. The summed E-state index contributed by atoms with van der Waals surface area (Å²) >= 11 is 6.09. The number of pyridine rings is 1. The number of carboxylic acid groups (broad SMARTS) is 1. The van der Waals surface area contributed by atoms with Crippen molar-refractivity contribution < 1.29 is 9.90 Å². The molecule has 0 amide bonds. The largest absolute Gasteiger partial charge is 0.478 e. The second-order valence-electron chi connectivity index (χ2n) is 7.51. The molecule has 2 heterocycles. The maximum atomic E-state index is 11.2. The highest BCUT2D eigenvalue weighted by molar-refractivity contribution is 6.31. The minimum absolute atomic E-state index is 0.120. The van der Waals surface area contributed by atoms with Gasteiger partial charge in [-0.05, 0) is 55.5 Å². The fraction of sp³-hybridized carbons (Fsp3) is 0.318. The molecule has 7 heteroatoms. The van der Waals surface area contributed by atoms with E-state index in [1.165, 1.54) is 12.8 Å². The highest BCUT2D eigenvalue weighted by atomic mass is 35.5. The number of aromatic carboxylic acids is 1. The van der Waals surface area contributed by atoms with Crippen LogP contribution in [0, 0.1) is 12.8 Å². The lowest BCUT2D eigenvalue weighted by Gasteiger charge is -2.26. The molecule has 1 unspecified atom stereocenters. The van der Waals surface area contributed by atoms with E-state index in [1.54, 1.807) is 29.2 Å². The Morgan fingerprint density at radius 3 is 2.48 bits per heavy atom. The molecular formula is C22H23ClN4O2. The van der Waals surface area contributed by atoms with Crippen molar-refractivity contribution in [1.82, 2.24) is 14.8 Å². The van der Waals surface area contributed by atoms with Crippen LogP contribution in [0.4, 0.5) is 5.69 Å². The molecule has 1 aliphatic carbocycles. The zero-order chi connectivity index (χ0) is 20.4. The van der Waals surface area contributed by atoms with Gasteiger partial charge in [-0.2, -0.15) is 5.10 Å². The lowest BCUT2D eigenvalue weighted by atomic mass is 9.91. The fourth-order valence-corrected chi connectivity index (χ4v) is 4.07. The molecule has 0 bridgehead atoms. The van der Waals surface area contributed by atoms with E-state index in [0.29, 0.717) is 22.3 Å². The number of aromatic nitrogens is 3. The van der Waals surface area contributed by atoms with Crippen molar-refractivity contribution in [3.63, 3.8) is 0 Å². The van der Waals surface area contributed by atoms with Gasteiger partial charge >= 0.3 is 5.97 Å². The molecular weight excluding hydrogens is 388 g/mol. The molecule has 1 aliphatic rings. The number of carboxylic acids is 1. The first-order chi connectivity index (χ1) is 14.0. The first kappa shape index (κ1) is 19.5. The lowest BCUT2D eigenvalue weighted by Crippen LogP contribution is -2.19. The summed E-state index contributed by atoms with van der Waals surface area (Å²) in [6.45, 7) is 1.86. The van der Waals surface area contributed by atoms with Crippen LogP contribution in [0.1, 0.15) is 53.3 Å². The number of aryl methyl sites for hydroxylation is 1. The van der Waals surface area contributed by atoms with Crippen LogP contribution >= 0.6 is 11.6 Å². The van der Waals surface area contributed by atoms with Crippen molar-refractivity contribution in [3.8, 4) is 5.82 Å². The first-order valence-corrected chi connectivity index (χ1v) is 10.2. The van der Waals surface area contributed by atoms with Crippen molar-refractivity contribution in [2.45, 2.75) is 38.6 Å². The Bertz CT molecular complexity index is 973. The smallest absolute Gasteiger partial charge is 0.335 e. The van der Waals surface area contributed by atoms with E-state index in [1.807, 2.05) is 31.2 Å². The number of benzene rings is 1. The van der Waals surface area contributed by atoms with Crippen LogP contribution in [0.2, 0.25) is 5.02 Å². The zero-order valence-corrected chi connectivity index (χ0v) is 16.9. The molecule has 150 valence electrons. The van der Waals surface area contributed by atoms with E-state index in [0.717, 1.165) is 29.8 Å². The van der Waals surface area contributed by atoms with E-state index in [-0.39, 0.29) is 6.04 Å². The van der Waals surface area contributed by atoms with Crippen molar-refractivity contribution in [3.05, 3.63) is 70.6 Å². The van der Waals surface area contributed by atoms with E-state index in [9.17, 15) is 4.79 Å². The van der Waals surface area contributed by atoms with Gasteiger partial charge in [-0.25, -0.2) is 14.5 Å². The van der Waals surface area contributed by atoms with Crippen LogP contribution in [0.5, 0.6) is 0 Å². The Hall–Kier alpha value is -2.86. The van der Waals surface area contributed by atoms with Gasteiger partial charge in [-0.3, -0.25) is 0 Å². The van der Waals surface area contributed by atoms with Crippen molar-refractivity contribution >= 4 is 23.3 Å². The molecule has 0 saturated heterocycles. The van der Waals surface area contributed by atoms with Gasteiger partial charge in [0.05, 0.1) is 40.4 Å². The average Bonchev–Trinajstić information content (AvgIpc) is 3.37. The number of nitrogens with one attached hydrogen (secondary N) is 1. The number of halogens is 1. The molecule has 0 spiro atoms. The van der Waals surface area contributed by atoms with Crippen LogP contribution in [-0.4, -0.2) is 25.8 Å². The SMILES string of the molecule is Cc1nn(-c2ccc(NC(c3ccc(C(=O)O)cc3)C3CCCC3)cn2)cc1Cl. The fourth-order valence-electron chi connectivity index (χ4n) is 3.94. The number of hydrogen-bond acceptors (Lipinski definition) is 4. The summed E-state index contributed by atoms with van der Waals surface area (Å²) in [5.74, 6) is 0.308. The van der Waals surface area contributed by atoms with Gasteiger partial charge in [0, 0.05) is 0 Å². The van der Waals surface area contributed by atoms with Gasteiger partial charge in [0.1, 0.15) is 0 Å². The zero-order valence-electron chi connectivity index (χ0n) is 16.2. The molecule has 6 nitrogen and oxygen atoms in total. The number of carbonyl (C=O) groups is 1. The quantitative estimate of drug-likeness (QED) is 0.578. The third kappa shape index (κ3) is 4.27. The number of anilines is 1. The molecule has 1 saturated carbocycles. The first-order valence-electron chi connectivity index (χ1n) is 9.79. The van der Waals surface area contributed by atoms with Gasteiger partial charge in [0.25, 0.3) is 0 Å². The van der Waals surface area contributed by atoms with Crippen LogP contribution in [0.15, 0.2) is 48.8 Å². The lowest BCUT2D eigenvalue weighted by molar-refractivity contribution is 0.0697. The maximum absolute atomic E-state index is 11.2. The number of hydrogen-bond donors (Lipinski definition) is 2. The summed E-state index contributed by atoms with van der Waals surface area (Å²) in [6.07, 6.45) is 8.33. The highest BCUT2D eigenvalue weighted by Gasteiger charge is 2.26. The Balaban J connectivity index is 1.56. The molecule has 0 aliphatic heterocycles. The summed E-state index contributed by atoms with van der Waals surface area (Å²) < 4.78 is 1.67. The summed E-state index contributed by atoms with van der Waals surface area (Å²) in [6, 6.07) is 11.2. The molecule has 1 fully saturated rings. The standard InChI is InChI=1S/C22H23ClN4O2/c1-14-19(23)13-27(26-14)20-11-10-18(12-24-20)25-21(15-4-2-3-5-15)16-6-8-17(9-7-16)22(28)29/h6-13,15,21,25H,2-5H2,1H3,(H,28,29). The molecule has 0 radical (unpaired) electrons. The van der Waals surface area contributed by atoms with Crippen molar-refractivity contribution in [1.29, 1.82) is 0 Å². The molecule has 29 heavy (non-hydrogen) atoms. The van der Waals surface area contributed by atoms with E-state index >= 15 is 0 Å². The van der Waals surface area contributed by atoms with E-state index < -0.39 is 5.97 Å². The predicted molar refractivity (Wildman–Crippen MR) is 113 cm³/mol. The predicted octanol–water partition coefficient (Wildman–Crippen LogP) is 5.27. The Morgan fingerprint density at radius 1 is 1.21 bits per heavy atom. The molecule has 3 aromatic rings. The van der Waals surface area contributed by atoms with Gasteiger partial charge in [-0.1, -0.05) is 36.6 Å². The minimum atomic E-state index is -0.907. The summed E-state index contributed by atoms with van der Waals surface area (Å²) in [5, 5.41) is 17.7. The van der Waals surface area contributed by atoms with E-state index in [4.69, 9.17) is 16.7 Å². The normalized spacial score (nSPS) is 15.4. The van der Waals surface area contributed by atoms with Crippen LogP contribution in [0.3, 0.4) is 0 Å². The molecule has 2 N–H and O–H groups in total. The topological polar surface area (TPSA) is 80.0 Å². The second-order valence-corrected chi connectivity index (χ2v) is 7.91. The Kier molecular flexibility index (Phi) is 5.53. The summed E-state index contributed by atoms with van der Waals surface area (Å²) in [4.78, 5) is 15.7. The second kappa shape index (κ2) is 8.25. The average molecular weight is 411 g/mol. The highest BCUT2D eigenvalue weighted by Crippen LogP contribution is 2.38. The minimum Gasteiger partial charge on any atom is -0.478 e. The molecule has 4 rings (SSSR count). The van der Waals surface area contributed by atoms with Gasteiger partial charge in [0.15, 0.2) is 5.82 Å². The van der Waals surface area contributed by atoms with Crippen LogP contribution in [-0.2, 0) is 0 Å². The number of rotatable bonds is 6. The van der Waals surface area contributed by atoms with Crippen molar-refractivity contribution in [2.75, 3.05) is 5.32 Å². The summed E-state index contributed by atoms with van der Waals surface area (Å²) in [5.41, 5.74) is 3.09. The third-order valence-corrected chi connectivity index (χ3v) is 5.90. The summed E-state index contributed by atoms with van der Waals surface area (Å²) in [7, 11) is 0. The molecule has 1 atom stereocenters. The Labute approximate surface area is 174 Å². The van der Waals surface area contributed by atoms with Gasteiger partial charge in [-0.15, -0.1) is 0 Å². The Morgan fingerprint density at radius 2 is 1.93 bits per heavy atom. The third-order valence-electron chi connectivity index (χ3n) is 5.53.